The summed E-state index contributed by atoms with van der Waals surface area (Å²) >= 11 is 19.7. The van der Waals surface area contributed by atoms with Crippen molar-refractivity contribution in [3.8, 4) is 0 Å². The van der Waals surface area contributed by atoms with Gasteiger partial charge in [0.1, 0.15) is 5.82 Å². The van der Waals surface area contributed by atoms with Crippen LogP contribution in [0.15, 0.2) is 17.5 Å². The van der Waals surface area contributed by atoms with Crippen LogP contribution in [-0.4, -0.2) is 20.4 Å². The molecule has 0 aliphatic rings. The summed E-state index contributed by atoms with van der Waals surface area (Å²) in [4.78, 5) is 9.13. The van der Waals surface area contributed by atoms with Crippen LogP contribution in [0.3, 0.4) is 0 Å². The van der Waals surface area contributed by atoms with E-state index in [9.17, 15) is 0 Å². The van der Waals surface area contributed by atoms with Gasteiger partial charge in [-0.1, -0.05) is 23.2 Å². The van der Waals surface area contributed by atoms with Crippen LogP contribution >= 0.6 is 46.1 Å². The quantitative estimate of drug-likeness (QED) is 0.617. The van der Waals surface area contributed by atoms with E-state index in [0.29, 0.717) is 28.9 Å². The Morgan fingerprint density at radius 1 is 1.19 bits per heavy atom. The van der Waals surface area contributed by atoms with Crippen LogP contribution in [0, 0.1) is 6.92 Å². The second kappa shape index (κ2) is 6.13. The lowest BCUT2D eigenvalue weighted by molar-refractivity contribution is 0.740. The van der Waals surface area contributed by atoms with Gasteiger partial charge in [-0.2, -0.15) is 0 Å². The van der Waals surface area contributed by atoms with Gasteiger partial charge in [0.2, 0.25) is 0 Å². The SMILES string of the molecule is Cc1nc(Cn2c(CCCl)nc3cc(Cl)c(Cl)cc32)cs1. The van der Waals surface area contributed by atoms with Crippen molar-refractivity contribution in [1.29, 1.82) is 0 Å². The number of aromatic nitrogens is 3. The summed E-state index contributed by atoms with van der Waals surface area (Å²) < 4.78 is 2.11. The van der Waals surface area contributed by atoms with Crippen molar-refractivity contribution in [1.82, 2.24) is 14.5 Å². The average Bonchev–Trinajstić information content (AvgIpc) is 2.97. The van der Waals surface area contributed by atoms with Gasteiger partial charge in [0, 0.05) is 17.7 Å². The van der Waals surface area contributed by atoms with E-state index in [-0.39, 0.29) is 0 Å². The van der Waals surface area contributed by atoms with E-state index in [0.717, 1.165) is 27.6 Å². The molecule has 0 saturated carbocycles. The Morgan fingerprint density at radius 3 is 2.62 bits per heavy atom. The third kappa shape index (κ3) is 3.04. The molecule has 0 aliphatic carbocycles. The fourth-order valence-corrected chi connectivity index (χ4v) is 3.35. The third-order valence-electron chi connectivity index (χ3n) is 3.17. The second-order valence-electron chi connectivity index (χ2n) is 4.67. The molecule has 110 valence electrons. The zero-order valence-corrected chi connectivity index (χ0v) is 14.3. The Labute approximate surface area is 141 Å². The molecule has 0 saturated heterocycles. The average molecular weight is 361 g/mol. The van der Waals surface area contributed by atoms with Gasteiger partial charge in [-0.15, -0.1) is 22.9 Å². The van der Waals surface area contributed by atoms with Gasteiger partial charge >= 0.3 is 0 Å². The van der Waals surface area contributed by atoms with Crippen molar-refractivity contribution in [3.63, 3.8) is 0 Å². The van der Waals surface area contributed by atoms with Crippen LogP contribution in [-0.2, 0) is 13.0 Å². The van der Waals surface area contributed by atoms with Gasteiger partial charge in [-0.25, -0.2) is 9.97 Å². The zero-order valence-electron chi connectivity index (χ0n) is 11.2. The summed E-state index contributed by atoms with van der Waals surface area (Å²) in [6.07, 6.45) is 0.689. The van der Waals surface area contributed by atoms with Gasteiger partial charge in [0.05, 0.1) is 38.3 Å². The molecule has 0 aliphatic heterocycles. The van der Waals surface area contributed by atoms with Crippen molar-refractivity contribution in [2.24, 2.45) is 0 Å². The van der Waals surface area contributed by atoms with Crippen LogP contribution in [0.25, 0.3) is 11.0 Å². The molecule has 0 spiro atoms. The molecule has 0 atom stereocenters. The standard InChI is InChI=1S/C14H12Cl3N3S/c1-8-18-9(7-21-8)6-20-13-5-11(17)10(16)4-12(13)19-14(20)2-3-15/h4-5,7H,2-3,6H2,1H3. The normalized spacial score (nSPS) is 11.4. The molecule has 3 nitrogen and oxygen atoms in total. The Bertz CT molecular complexity index is 794. The topological polar surface area (TPSA) is 30.7 Å². The molecule has 0 amide bonds. The maximum Gasteiger partial charge on any atom is 0.111 e. The summed E-state index contributed by atoms with van der Waals surface area (Å²) in [5.74, 6) is 1.44. The lowest BCUT2D eigenvalue weighted by Gasteiger charge is -2.07. The maximum atomic E-state index is 6.14. The predicted molar refractivity (Wildman–Crippen MR) is 90.1 cm³/mol. The smallest absolute Gasteiger partial charge is 0.111 e. The number of hydrogen-bond acceptors (Lipinski definition) is 3. The fourth-order valence-electron chi connectivity index (χ4n) is 2.26. The highest BCUT2D eigenvalue weighted by Crippen LogP contribution is 2.29. The molecule has 0 bridgehead atoms. The molecule has 0 unspecified atom stereocenters. The molecule has 1 aromatic carbocycles. The number of hydrogen-bond donors (Lipinski definition) is 0. The van der Waals surface area contributed by atoms with Gasteiger partial charge in [-0.3, -0.25) is 0 Å². The molecule has 7 heteroatoms. The first-order valence-corrected chi connectivity index (χ1v) is 8.56. The molecule has 0 N–H and O–H groups in total. The van der Waals surface area contributed by atoms with Crippen LogP contribution in [0.2, 0.25) is 10.0 Å². The van der Waals surface area contributed by atoms with Crippen molar-refractivity contribution in [3.05, 3.63) is 44.1 Å². The van der Waals surface area contributed by atoms with Crippen LogP contribution in [0.1, 0.15) is 16.5 Å². The summed E-state index contributed by atoms with van der Waals surface area (Å²) in [7, 11) is 0. The number of rotatable bonds is 4. The largest absolute Gasteiger partial charge is 0.322 e. The van der Waals surface area contributed by atoms with Crippen LogP contribution in [0.5, 0.6) is 0 Å². The molecule has 0 fully saturated rings. The summed E-state index contributed by atoms with van der Waals surface area (Å²) in [5, 5.41) is 4.14. The van der Waals surface area contributed by atoms with Crippen molar-refractivity contribution in [2.75, 3.05) is 5.88 Å². The first kappa shape index (κ1) is 15.1. The van der Waals surface area contributed by atoms with Crippen LogP contribution < -0.4 is 0 Å². The molecule has 2 heterocycles. The predicted octanol–water partition coefficient (Wildman–Crippen LogP) is 4.94. The number of nitrogens with zero attached hydrogens (tertiary/aromatic N) is 3. The zero-order chi connectivity index (χ0) is 15.0. The van der Waals surface area contributed by atoms with Gasteiger partial charge < -0.3 is 4.57 Å². The molecule has 3 rings (SSSR count). The number of benzene rings is 1. The van der Waals surface area contributed by atoms with E-state index in [1.807, 2.05) is 13.0 Å². The first-order chi connectivity index (χ1) is 10.1. The minimum atomic E-state index is 0.510. The molecule has 0 radical (unpaired) electrons. The molecule has 2 aromatic heterocycles. The van der Waals surface area contributed by atoms with E-state index >= 15 is 0 Å². The highest BCUT2D eigenvalue weighted by Gasteiger charge is 2.14. The summed E-state index contributed by atoms with van der Waals surface area (Å²) in [5.41, 5.74) is 2.80. The fraction of sp³-hybridized carbons (Fsp3) is 0.286. The minimum Gasteiger partial charge on any atom is -0.322 e. The highest BCUT2D eigenvalue weighted by molar-refractivity contribution is 7.09. The number of thiazole rings is 1. The number of imidazole rings is 1. The van der Waals surface area contributed by atoms with Gasteiger partial charge in [0.15, 0.2) is 0 Å². The van der Waals surface area contributed by atoms with Gasteiger partial charge in [-0.05, 0) is 19.1 Å². The first-order valence-electron chi connectivity index (χ1n) is 6.39. The lowest BCUT2D eigenvalue weighted by Crippen LogP contribution is -2.06. The number of fused-ring (bicyclic) bond motifs is 1. The number of alkyl halides is 1. The van der Waals surface area contributed by atoms with Crippen molar-refractivity contribution < 1.29 is 0 Å². The maximum absolute atomic E-state index is 6.14. The molecule has 21 heavy (non-hydrogen) atoms. The molecule has 3 aromatic rings. The van der Waals surface area contributed by atoms with E-state index in [1.165, 1.54) is 0 Å². The highest BCUT2D eigenvalue weighted by atomic mass is 35.5. The van der Waals surface area contributed by atoms with E-state index < -0.39 is 0 Å². The third-order valence-corrected chi connectivity index (χ3v) is 4.91. The Hall–Kier alpha value is -0.810. The Kier molecular flexibility index (Phi) is 4.41. The van der Waals surface area contributed by atoms with Crippen molar-refractivity contribution in [2.45, 2.75) is 19.9 Å². The monoisotopic (exact) mass is 359 g/mol. The lowest BCUT2D eigenvalue weighted by atomic mass is 10.3. The number of aryl methyl sites for hydroxylation is 2. The Morgan fingerprint density at radius 2 is 1.95 bits per heavy atom. The van der Waals surface area contributed by atoms with E-state index in [4.69, 9.17) is 34.8 Å². The summed E-state index contributed by atoms with van der Waals surface area (Å²) in [6, 6.07) is 3.64. The van der Waals surface area contributed by atoms with Gasteiger partial charge in [0.25, 0.3) is 0 Å². The minimum absolute atomic E-state index is 0.510. The Balaban J connectivity index is 2.12. The summed E-state index contributed by atoms with van der Waals surface area (Å²) in [6.45, 7) is 2.65. The molecular formula is C14H12Cl3N3S. The van der Waals surface area contributed by atoms with E-state index in [2.05, 4.69) is 19.9 Å². The second-order valence-corrected chi connectivity index (χ2v) is 6.92. The molecular weight excluding hydrogens is 349 g/mol. The van der Waals surface area contributed by atoms with E-state index in [1.54, 1.807) is 17.4 Å². The number of halogens is 3. The van der Waals surface area contributed by atoms with Crippen molar-refractivity contribution >= 4 is 57.2 Å². The van der Waals surface area contributed by atoms with Crippen LogP contribution in [0.4, 0.5) is 0 Å².